The SMILES string of the molecule is CCCCCCCCC/C=C\CCCCCCCCCC(=O)OCCCCCCCCCCC/C=C\C/C=C\CCCCCCCCCCCCCCCC(=O)NC(CO)C(O)CCCCCCCCCCCCCCCCCCCCCCCCC. The van der Waals surface area contributed by atoms with Crippen molar-refractivity contribution in [2.24, 2.45) is 0 Å². The molecule has 3 N–H and O–H groups in total. The Balaban J connectivity index is 3.40. The Morgan fingerprint density at radius 3 is 0.885 bits per heavy atom. The molecule has 87 heavy (non-hydrogen) atoms. The van der Waals surface area contributed by atoms with Crippen LogP contribution in [0.1, 0.15) is 444 Å². The summed E-state index contributed by atoms with van der Waals surface area (Å²) in [5.41, 5.74) is 0. The summed E-state index contributed by atoms with van der Waals surface area (Å²) in [4.78, 5) is 24.7. The second-order valence-corrected chi connectivity index (χ2v) is 27.4. The third-order valence-corrected chi connectivity index (χ3v) is 18.7. The molecule has 0 aromatic carbocycles. The topological polar surface area (TPSA) is 95.9 Å². The van der Waals surface area contributed by atoms with Gasteiger partial charge >= 0.3 is 5.97 Å². The number of aliphatic hydroxyl groups excluding tert-OH is 2. The minimum absolute atomic E-state index is 0.0100. The molecular weight excluding hydrogens is 1070 g/mol. The van der Waals surface area contributed by atoms with Crippen LogP contribution in [-0.2, 0) is 14.3 Å². The Hall–Kier alpha value is -1.92. The van der Waals surface area contributed by atoms with Crippen molar-refractivity contribution in [3.8, 4) is 0 Å². The highest BCUT2D eigenvalue weighted by atomic mass is 16.5. The van der Waals surface area contributed by atoms with Crippen molar-refractivity contribution in [2.45, 2.75) is 456 Å². The third-order valence-electron chi connectivity index (χ3n) is 18.7. The van der Waals surface area contributed by atoms with Gasteiger partial charge in [-0.25, -0.2) is 0 Å². The van der Waals surface area contributed by atoms with Crippen LogP contribution < -0.4 is 5.32 Å². The van der Waals surface area contributed by atoms with Crippen LogP contribution in [0.5, 0.6) is 0 Å². The molecule has 0 aliphatic carbocycles. The van der Waals surface area contributed by atoms with Crippen molar-refractivity contribution >= 4 is 11.9 Å². The fraction of sp³-hybridized carbons (Fsp3) is 0.901. The molecule has 0 fully saturated rings. The predicted octanol–water partition coefficient (Wildman–Crippen LogP) is 26.2. The Morgan fingerprint density at radius 2 is 0.575 bits per heavy atom. The molecule has 2 unspecified atom stereocenters. The van der Waals surface area contributed by atoms with Gasteiger partial charge in [-0.3, -0.25) is 9.59 Å². The van der Waals surface area contributed by atoms with E-state index in [9.17, 15) is 19.8 Å². The largest absolute Gasteiger partial charge is 0.466 e. The fourth-order valence-electron chi connectivity index (χ4n) is 12.6. The summed E-state index contributed by atoms with van der Waals surface area (Å²) in [6, 6.07) is -0.544. The second-order valence-electron chi connectivity index (χ2n) is 27.4. The average Bonchev–Trinajstić information content (AvgIpc) is 3.53. The van der Waals surface area contributed by atoms with Gasteiger partial charge in [-0.2, -0.15) is 0 Å². The van der Waals surface area contributed by atoms with E-state index in [0.29, 0.717) is 25.9 Å². The van der Waals surface area contributed by atoms with Crippen molar-refractivity contribution in [1.29, 1.82) is 0 Å². The zero-order valence-corrected chi connectivity index (χ0v) is 59.0. The van der Waals surface area contributed by atoms with Crippen LogP contribution in [0.15, 0.2) is 36.5 Å². The third kappa shape index (κ3) is 73.0. The van der Waals surface area contributed by atoms with E-state index in [1.807, 2.05) is 0 Å². The standard InChI is InChI=1S/C81H155NO5/c1-3-5-7-9-11-13-15-17-19-21-23-24-32-35-38-41-45-49-53-57-61-65-69-73-79(84)78(77-83)82-80(85)74-70-66-62-58-54-50-46-42-39-36-33-30-28-26-25-27-29-31-34-37-40-44-48-52-56-60-64-68-72-76-87-81(86)75-71-67-63-59-55-51-47-43-22-20-18-16-14-12-10-8-6-4-2/h20,22,25,27,31,34,78-79,83-84H,3-19,21,23-24,26,28-30,32-33,35-77H2,1-2H3,(H,82,85)/b22-20-,27-25-,34-31-. The normalized spacial score (nSPS) is 12.6. The number of rotatable bonds is 75. The smallest absolute Gasteiger partial charge is 0.305 e. The Kier molecular flexibility index (Phi) is 74.8. The Labute approximate surface area is 544 Å². The maximum atomic E-state index is 12.6. The van der Waals surface area contributed by atoms with Crippen molar-refractivity contribution in [1.82, 2.24) is 5.32 Å². The summed E-state index contributed by atoms with van der Waals surface area (Å²) in [5.74, 6) is -0.0209. The van der Waals surface area contributed by atoms with E-state index in [-0.39, 0.29) is 18.5 Å². The first-order valence-corrected chi connectivity index (χ1v) is 39.7. The van der Waals surface area contributed by atoms with Gasteiger partial charge in [-0.15, -0.1) is 0 Å². The van der Waals surface area contributed by atoms with Crippen molar-refractivity contribution in [3.63, 3.8) is 0 Å². The minimum Gasteiger partial charge on any atom is -0.466 e. The first kappa shape index (κ1) is 85.1. The number of esters is 1. The van der Waals surface area contributed by atoms with Crippen LogP contribution in [0.3, 0.4) is 0 Å². The lowest BCUT2D eigenvalue weighted by atomic mass is 10.0. The van der Waals surface area contributed by atoms with E-state index in [1.54, 1.807) is 0 Å². The molecule has 0 aliphatic heterocycles. The molecule has 0 rings (SSSR count). The van der Waals surface area contributed by atoms with Gasteiger partial charge in [0.15, 0.2) is 0 Å². The van der Waals surface area contributed by atoms with Gasteiger partial charge < -0.3 is 20.3 Å². The second kappa shape index (κ2) is 76.5. The highest BCUT2D eigenvalue weighted by Crippen LogP contribution is 2.20. The maximum Gasteiger partial charge on any atom is 0.305 e. The molecule has 0 saturated heterocycles. The fourth-order valence-corrected chi connectivity index (χ4v) is 12.6. The van der Waals surface area contributed by atoms with Crippen LogP contribution >= 0.6 is 0 Å². The van der Waals surface area contributed by atoms with Crippen LogP contribution in [-0.4, -0.2) is 47.4 Å². The van der Waals surface area contributed by atoms with Crippen molar-refractivity contribution in [3.05, 3.63) is 36.5 Å². The summed E-state index contributed by atoms with van der Waals surface area (Å²) >= 11 is 0. The summed E-state index contributed by atoms with van der Waals surface area (Å²) in [6.07, 6.45) is 99.4. The van der Waals surface area contributed by atoms with Crippen molar-refractivity contribution < 1.29 is 24.5 Å². The van der Waals surface area contributed by atoms with Gasteiger partial charge in [0.2, 0.25) is 5.91 Å². The average molecular weight is 1220 g/mol. The molecule has 0 spiro atoms. The number of carbonyl (C=O) groups excluding carboxylic acids is 2. The van der Waals surface area contributed by atoms with E-state index >= 15 is 0 Å². The van der Waals surface area contributed by atoms with Crippen LogP contribution in [0.2, 0.25) is 0 Å². The highest BCUT2D eigenvalue weighted by molar-refractivity contribution is 5.76. The summed E-state index contributed by atoms with van der Waals surface area (Å²) < 4.78 is 5.51. The van der Waals surface area contributed by atoms with E-state index in [0.717, 1.165) is 51.4 Å². The van der Waals surface area contributed by atoms with Gasteiger partial charge in [0.05, 0.1) is 25.4 Å². The molecule has 6 heteroatoms. The van der Waals surface area contributed by atoms with E-state index < -0.39 is 12.1 Å². The number of amides is 1. The molecule has 2 atom stereocenters. The van der Waals surface area contributed by atoms with Gasteiger partial charge in [-0.1, -0.05) is 384 Å². The molecule has 0 radical (unpaired) electrons. The molecule has 0 aromatic rings. The molecule has 6 nitrogen and oxygen atoms in total. The van der Waals surface area contributed by atoms with Crippen molar-refractivity contribution in [2.75, 3.05) is 13.2 Å². The first-order valence-electron chi connectivity index (χ1n) is 39.7. The summed E-state index contributed by atoms with van der Waals surface area (Å²) in [7, 11) is 0. The van der Waals surface area contributed by atoms with E-state index in [4.69, 9.17) is 4.74 Å². The number of ether oxygens (including phenoxy) is 1. The van der Waals surface area contributed by atoms with E-state index in [1.165, 1.54) is 360 Å². The zero-order valence-electron chi connectivity index (χ0n) is 59.0. The predicted molar refractivity (Wildman–Crippen MR) is 384 cm³/mol. The number of carbonyl (C=O) groups is 2. The lowest BCUT2D eigenvalue weighted by molar-refractivity contribution is -0.143. The maximum absolute atomic E-state index is 12.6. The van der Waals surface area contributed by atoms with Gasteiger partial charge in [0.1, 0.15) is 0 Å². The zero-order chi connectivity index (χ0) is 62.8. The molecule has 0 saturated carbocycles. The number of allylic oxidation sites excluding steroid dienone is 6. The number of aliphatic hydroxyl groups is 2. The van der Waals surface area contributed by atoms with Gasteiger partial charge in [0.25, 0.3) is 0 Å². The summed E-state index contributed by atoms with van der Waals surface area (Å²) in [6.45, 7) is 4.99. The highest BCUT2D eigenvalue weighted by Gasteiger charge is 2.20. The quantitative estimate of drug-likeness (QED) is 0.0320. The number of unbranched alkanes of at least 4 members (excludes halogenated alkanes) is 58. The van der Waals surface area contributed by atoms with E-state index in [2.05, 4.69) is 55.6 Å². The minimum atomic E-state index is -0.667. The molecule has 0 aliphatic rings. The van der Waals surface area contributed by atoms with Crippen LogP contribution in [0, 0.1) is 0 Å². The monoisotopic (exact) mass is 1220 g/mol. The molecule has 514 valence electrons. The van der Waals surface area contributed by atoms with Gasteiger partial charge in [-0.05, 0) is 83.5 Å². The summed E-state index contributed by atoms with van der Waals surface area (Å²) in [5, 5.41) is 23.5. The molecule has 0 aromatic heterocycles. The molecular formula is C81H155NO5. The Morgan fingerprint density at radius 1 is 0.322 bits per heavy atom. The molecule has 0 heterocycles. The lowest BCUT2D eigenvalue weighted by Crippen LogP contribution is -2.45. The van der Waals surface area contributed by atoms with Gasteiger partial charge in [0, 0.05) is 12.8 Å². The van der Waals surface area contributed by atoms with Crippen LogP contribution in [0.4, 0.5) is 0 Å². The Bertz CT molecular complexity index is 1410. The number of hydrogen-bond donors (Lipinski definition) is 3. The number of hydrogen-bond acceptors (Lipinski definition) is 5. The number of nitrogens with one attached hydrogen (secondary N) is 1. The molecule has 1 amide bonds. The first-order chi connectivity index (χ1) is 43.0. The lowest BCUT2D eigenvalue weighted by Gasteiger charge is -2.22. The van der Waals surface area contributed by atoms with Crippen LogP contribution in [0.25, 0.3) is 0 Å². The molecule has 0 bridgehead atoms.